The number of hydrogen-bond acceptors (Lipinski definition) is 4. The number of benzene rings is 1. The van der Waals surface area contributed by atoms with Crippen molar-refractivity contribution in [2.24, 2.45) is 0 Å². The number of methoxy groups -OCH3 is 1. The van der Waals surface area contributed by atoms with Gasteiger partial charge in [-0.2, -0.15) is 0 Å². The lowest BCUT2D eigenvalue weighted by atomic mass is 10.1. The lowest BCUT2D eigenvalue weighted by Gasteiger charge is -2.06. The highest BCUT2D eigenvalue weighted by molar-refractivity contribution is 7.15. The SMILES string of the molecule is COc1ccc(-c2csc3nc(C=O)cn23)cc1C. The highest BCUT2D eigenvalue weighted by Crippen LogP contribution is 2.29. The summed E-state index contributed by atoms with van der Waals surface area (Å²) in [6, 6.07) is 6.03. The molecule has 0 aliphatic rings. The van der Waals surface area contributed by atoms with Crippen LogP contribution in [0, 0.1) is 6.92 Å². The summed E-state index contributed by atoms with van der Waals surface area (Å²) in [7, 11) is 1.66. The fourth-order valence-electron chi connectivity index (χ4n) is 2.10. The second kappa shape index (κ2) is 4.51. The average molecular weight is 272 g/mol. The van der Waals surface area contributed by atoms with Gasteiger partial charge in [0.2, 0.25) is 0 Å². The van der Waals surface area contributed by atoms with E-state index in [9.17, 15) is 4.79 Å². The zero-order valence-electron chi connectivity index (χ0n) is 10.6. The first-order chi connectivity index (χ1) is 9.22. The van der Waals surface area contributed by atoms with Gasteiger partial charge in [-0.15, -0.1) is 11.3 Å². The van der Waals surface area contributed by atoms with Gasteiger partial charge in [-0.25, -0.2) is 4.98 Å². The third-order valence-corrected chi connectivity index (χ3v) is 3.88. The molecule has 0 radical (unpaired) electrons. The number of aldehydes is 1. The second-order valence-electron chi connectivity index (χ2n) is 4.24. The number of fused-ring (bicyclic) bond motifs is 1. The van der Waals surface area contributed by atoms with E-state index < -0.39 is 0 Å². The minimum atomic E-state index is 0.457. The number of aromatic nitrogens is 2. The van der Waals surface area contributed by atoms with E-state index in [0.717, 1.165) is 33.8 Å². The molecule has 0 unspecified atom stereocenters. The average Bonchev–Trinajstić information content (AvgIpc) is 2.97. The molecule has 2 heterocycles. The Morgan fingerprint density at radius 3 is 2.95 bits per heavy atom. The highest BCUT2D eigenvalue weighted by atomic mass is 32.1. The molecule has 0 atom stereocenters. The second-order valence-corrected chi connectivity index (χ2v) is 5.08. The molecule has 0 aliphatic carbocycles. The van der Waals surface area contributed by atoms with Crippen LogP contribution in [-0.2, 0) is 0 Å². The number of ether oxygens (including phenoxy) is 1. The molecule has 2 aromatic heterocycles. The van der Waals surface area contributed by atoms with Gasteiger partial charge in [0.25, 0.3) is 0 Å². The number of imidazole rings is 1. The lowest BCUT2D eigenvalue weighted by molar-refractivity contribution is 0.111. The highest BCUT2D eigenvalue weighted by Gasteiger charge is 2.10. The van der Waals surface area contributed by atoms with Crippen molar-refractivity contribution >= 4 is 22.6 Å². The summed E-state index contributed by atoms with van der Waals surface area (Å²) in [5, 5.41) is 2.04. The largest absolute Gasteiger partial charge is 0.496 e. The summed E-state index contributed by atoms with van der Waals surface area (Å²) in [5.74, 6) is 0.870. The molecule has 0 saturated carbocycles. The maximum absolute atomic E-state index is 10.8. The Hall–Kier alpha value is -2.14. The summed E-state index contributed by atoms with van der Waals surface area (Å²) in [5.41, 5.74) is 3.65. The molecular formula is C14H12N2O2S. The van der Waals surface area contributed by atoms with Crippen molar-refractivity contribution in [3.63, 3.8) is 0 Å². The van der Waals surface area contributed by atoms with E-state index in [1.807, 2.05) is 28.8 Å². The summed E-state index contributed by atoms with van der Waals surface area (Å²) < 4.78 is 7.20. The van der Waals surface area contributed by atoms with Crippen LogP contribution in [0.4, 0.5) is 0 Å². The smallest absolute Gasteiger partial charge is 0.194 e. The maximum Gasteiger partial charge on any atom is 0.194 e. The van der Waals surface area contributed by atoms with Crippen molar-refractivity contribution in [2.75, 3.05) is 7.11 Å². The van der Waals surface area contributed by atoms with E-state index in [4.69, 9.17) is 4.74 Å². The van der Waals surface area contributed by atoms with E-state index in [-0.39, 0.29) is 0 Å². The van der Waals surface area contributed by atoms with E-state index >= 15 is 0 Å². The van der Waals surface area contributed by atoms with Crippen molar-refractivity contribution < 1.29 is 9.53 Å². The Kier molecular flexibility index (Phi) is 2.83. The van der Waals surface area contributed by atoms with Crippen LogP contribution in [0.25, 0.3) is 16.2 Å². The first-order valence-electron chi connectivity index (χ1n) is 5.79. The van der Waals surface area contributed by atoms with Gasteiger partial charge >= 0.3 is 0 Å². The standard InChI is InChI=1S/C14H12N2O2S/c1-9-5-10(3-4-13(9)18-2)12-8-19-14-15-11(7-17)6-16(12)14/h3-8H,1-2H3. The number of thiazole rings is 1. The van der Waals surface area contributed by atoms with Crippen LogP contribution in [-0.4, -0.2) is 22.8 Å². The van der Waals surface area contributed by atoms with Crippen LogP contribution >= 0.6 is 11.3 Å². The number of rotatable bonds is 3. The van der Waals surface area contributed by atoms with E-state index in [1.165, 1.54) is 11.3 Å². The lowest BCUT2D eigenvalue weighted by Crippen LogP contribution is -1.89. The first-order valence-corrected chi connectivity index (χ1v) is 6.67. The van der Waals surface area contributed by atoms with Crippen molar-refractivity contribution in [1.82, 2.24) is 9.38 Å². The molecule has 5 heteroatoms. The molecule has 0 fully saturated rings. The molecule has 0 aliphatic heterocycles. The Morgan fingerprint density at radius 2 is 2.26 bits per heavy atom. The summed E-state index contributed by atoms with van der Waals surface area (Å²) >= 11 is 1.52. The fraction of sp³-hybridized carbons (Fsp3) is 0.143. The number of nitrogens with zero attached hydrogens (tertiary/aromatic N) is 2. The topological polar surface area (TPSA) is 43.6 Å². The number of hydrogen-bond donors (Lipinski definition) is 0. The number of carbonyl (C=O) groups is 1. The van der Waals surface area contributed by atoms with E-state index in [1.54, 1.807) is 13.3 Å². The van der Waals surface area contributed by atoms with Gasteiger partial charge in [-0.05, 0) is 36.2 Å². The van der Waals surface area contributed by atoms with Crippen molar-refractivity contribution in [2.45, 2.75) is 6.92 Å². The van der Waals surface area contributed by atoms with Gasteiger partial charge in [-0.3, -0.25) is 9.20 Å². The molecule has 0 amide bonds. The molecular weight excluding hydrogens is 260 g/mol. The third-order valence-electron chi connectivity index (χ3n) is 3.04. The molecule has 0 N–H and O–H groups in total. The zero-order valence-corrected chi connectivity index (χ0v) is 11.4. The Bertz CT molecular complexity index is 758. The van der Waals surface area contributed by atoms with Crippen LogP contribution in [0.1, 0.15) is 16.1 Å². The summed E-state index contributed by atoms with van der Waals surface area (Å²) in [6.07, 6.45) is 2.52. The minimum Gasteiger partial charge on any atom is -0.496 e. The van der Waals surface area contributed by atoms with Crippen molar-refractivity contribution in [3.05, 3.63) is 41.0 Å². The first kappa shape index (κ1) is 11.9. The fourth-order valence-corrected chi connectivity index (χ4v) is 2.99. The number of carbonyl (C=O) groups excluding carboxylic acids is 1. The molecule has 0 spiro atoms. The van der Waals surface area contributed by atoms with Crippen molar-refractivity contribution in [3.8, 4) is 17.0 Å². The Balaban J connectivity index is 2.15. The number of aryl methyl sites for hydroxylation is 1. The van der Waals surface area contributed by atoms with Crippen LogP contribution < -0.4 is 4.74 Å². The van der Waals surface area contributed by atoms with E-state index in [0.29, 0.717) is 5.69 Å². The van der Waals surface area contributed by atoms with Crippen LogP contribution in [0.2, 0.25) is 0 Å². The molecule has 0 bridgehead atoms. The molecule has 3 aromatic rings. The quantitative estimate of drug-likeness (QED) is 0.688. The molecule has 4 nitrogen and oxygen atoms in total. The van der Waals surface area contributed by atoms with Gasteiger partial charge < -0.3 is 4.74 Å². The Morgan fingerprint density at radius 1 is 1.42 bits per heavy atom. The normalized spacial score (nSPS) is 10.8. The zero-order chi connectivity index (χ0) is 13.4. The van der Waals surface area contributed by atoms with E-state index in [2.05, 4.69) is 11.1 Å². The maximum atomic E-state index is 10.8. The molecule has 0 saturated heterocycles. The van der Waals surface area contributed by atoms with Crippen LogP contribution in [0.15, 0.2) is 29.8 Å². The van der Waals surface area contributed by atoms with Gasteiger partial charge in [0, 0.05) is 11.6 Å². The van der Waals surface area contributed by atoms with Gasteiger partial charge in [0.05, 0.1) is 12.8 Å². The van der Waals surface area contributed by atoms with Gasteiger partial charge in [0.1, 0.15) is 11.4 Å². The Labute approximate surface area is 114 Å². The molecule has 96 valence electrons. The van der Waals surface area contributed by atoms with Crippen LogP contribution in [0.3, 0.4) is 0 Å². The summed E-state index contributed by atoms with van der Waals surface area (Å²) in [6.45, 7) is 2.01. The molecule has 3 rings (SSSR count). The molecule has 19 heavy (non-hydrogen) atoms. The van der Waals surface area contributed by atoms with Crippen molar-refractivity contribution in [1.29, 1.82) is 0 Å². The predicted molar refractivity (Wildman–Crippen MR) is 75.2 cm³/mol. The monoisotopic (exact) mass is 272 g/mol. The molecule has 1 aromatic carbocycles. The van der Waals surface area contributed by atoms with Crippen LogP contribution in [0.5, 0.6) is 5.75 Å². The minimum absolute atomic E-state index is 0.457. The van der Waals surface area contributed by atoms with Gasteiger partial charge in [-0.1, -0.05) is 0 Å². The van der Waals surface area contributed by atoms with Gasteiger partial charge in [0.15, 0.2) is 11.2 Å². The predicted octanol–water partition coefficient (Wildman–Crippen LogP) is 3.19. The summed E-state index contributed by atoms with van der Waals surface area (Å²) in [4.78, 5) is 15.8. The third kappa shape index (κ3) is 1.92.